The van der Waals surface area contributed by atoms with Crippen molar-refractivity contribution in [3.63, 3.8) is 0 Å². The highest BCUT2D eigenvalue weighted by Gasteiger charge is 2.22. The number of carbonyl (C=O) groups is 1. The van der Waals surface area contributed by atoms with E-state index in [2.05, 4.69) is 24.3 Å². The smallest absolute Gasteiger partial charge is 0.338 e. The maximum Gasteiger partial charge on any atom is 0.338 e. The Kier molecular flexibility index (Phi) is 5.07. The van der Waals surface area contributed by atoms with Gasteiger partial charge in [0.15, 0.2) is 0 Å². The minimum atomic E-state index is -0.273. The molecule has 0 saturated heterocycles. The van der Waals surface area contributed by atoms with Crippen LogP contribution in [0.3, 0.4) is 0 Å². The zero-order valence-corrected chi connectivity index (χ0v) is 13.7. The van der Waals surface area contributed by atoms with Crippen molar-refractivity contribution in [2.45, 2.75) is 12.8 Å². The second kappa shape index (κ2) is 7.60. The average Bonchev–Trinajstić information content (AvgIpc) is 2.64. The Morgan fingerprint density at radius 1 is 0.792 bits per heavy atom. The Bertz CT molecular complexity index is 755. The van der Waals surface area contributed by atoms with Crippen molar-refractivity contribution in [1.82, 2.24) is 0 Å². The predicted molar refractivity (Wildman–Crippen MR) is 96.2 cm³/mol. The van der Waals surface area contributed by atoms with Crippen LogP contribution in [0.25, 0.3) is 0 Å². The van der Waals surface area contributed by atoms with Crippen LogP contribution in [-0.2, 0) is 4.74 Å². The predicted octanol–water partition coefficient (Wildman–Crippen LogP) is 5.04. The summed E-state index contributed by atoms with van der Waals surface area (Å²) in [6.07, 6.45) is 0. The molecule has 0 aliphatic carbocycles. The van der Waals surface area contributed by atoms with E-state index in [9.17, 15) is 4.79 Å². The fraction of sp³-hybridized carbons (Fsp3) is 0.136. The molecule has 0 radical (unpaired) electrons. The molecule has 0 bridgehead atoms. The van der Waals surface area contributed by atoms with Crippen LogP contribution in [0.15, 0.2) is 84.9 Å². The first-order valence-corrected chi connectivity index (χ1v) is 8.17. The van der Waals surface area contributed by atoms with Crippen molar-refractivity contribution in [3.05, 3.63) is 107 Å². The van der Waals surface area contributed by atoms with Crippen molar-refractivity contribution in [2.24, 2.45) is 0 Å². The average molecular weight is 316 g/mol. The third-order valence-corrected chi connectivity index (χ3v) is 4.03. The molecule has 2 heteroatoms. The normalized spacial score (nSPS) is 10.6. The molecule has 120 valence electrons. The van der Waals surface area contributed by atoms with Gasteiger partial charge in [0.25, 0.3) is 0 Å². The Morgan fingerprint density at radius 2 is 1.29 bits per heavy atom. The number of rotatable bonds is 5. The van der Waals surface area contributed by atoms with Gasteiger partial charge < -0.3 is 4.74 Å². The monoisotopic (exact) mass is 316 g/mol. The highest BCUT2D eigenvalue weighted by molar-refractivity contribution is 5.91. The molecule has 24 heavy (non-hydrogen) atoms. The molecule has 3 aromatic carbocycles. The van der Waals surface area contributed by atoms with Gasteiger partial charge in [0, 0.05) is 5.92 Å². The van der Waals surface area contributed by atoms with Gasteiger partial charge in [0.2, 0.25) is 0 Å². The summed E-state index contributed by atoms with van der Waals surface area (Å²) in [7, 11) is 0. The summed E-state index contributed by atoms with van der Waals surface area (Å²) in [6, 6.07) is 28.2. The Labute approximate surface area is 142 Å². The van der Waals surface area contributed by atoms with Crippen LogP contribution in [0.2, 0.25) is 0 Å². The quantitative estimate of drug-likeness (QED) is 0.487. The fourth-order valence-corrected chi connectivity index (χ4v) is 2.99. The van der Waals surface area contributed by atoms with Gasteiger partial charge in [0.05, 0.1) is 12.2 Å². The van der Waals surface area contributed by atoms with Crippen LogP contribution in [0.4, 0.5) is 0 Å². The Morgan fingerprint density at radius 3 is 1.83 bits per heavy atom. The first-order valence-electron chi connectivity index (χ1n) is 8.17. The van der Waals surface area contributed by atoms with E-state index >= 15 is 0 Å². The topological polar surface area (TPSA) is 26.3 Å². The molecule has 0 spiro atoms. The maximum atomic E-state index is 12.4. The van der Waals surface area contributed by atoms with Gasteiger partial charge in [-0.3, -0.25) is 0 Å². The molecular weight excluding hydrogens is 296 g/mol. The van der Waals surface area contributed by atoms with Gasteiger partial charge >= 0.3 is 5.97 Å². The summed E-state index contributed by atoms with van der Waals surface area (Å²) < 4.78 is 5.25. The van der Waals surface area contributed by atoms with E-state index in [1.54, 1.807) is 0 Å². The summed E-state index contributed by atoms with van der Waals surface area (Å²) in [6.45, 7) is 2.20. The van der Waals surface area contributed by atoms with Crippen molar-refractivity contribution in [1.29, 1.82) is 0 Å². The second-order valence-corrected chi connectivity index (χ2v) is 5.56. The van der Waals surface area contributed by atoms with Crippen LogP contribution in [0, 0.1) is 0 Å². The number of benzene rings is 3. The highest BCUT2D eigenvalue weighted by Crippen LogP contribution is 2.34. The second-order valence-electron chi connectivity index (χ2n) is 5.56. The van der Waals surface area contributed by atoms with E-state index in [1.165, 1.54) is 0 Å². The molecule has 0 aromatic heterocycles. The number of hydrogen-bond acceptors (Lipinski definition) is 2. The van der Waals surface area contributed by atoms with Crippen LogP contribution in [0.1, 0.15) is 39.9 Å². The van der Waals surface area contributed by atoms with Crippen LogP contribution < -0.4 is 0 Å². The molecule has 0 atom stereocenters. The first kappa shape index (κ1) is 16.0. The zero-order chi connectivity index (χ0) is 16.8. The van der Waals surface area contributed by atoms with E-state index in [1.807, 2.05) is 67.6 Å². The molecule has 0 fully saturated rings. The number of carbonyl (C=O) groups excluding carboxylic acids is 1. The molecule has 3 aromatic rings. The first-order chi connectivity index (χ1) is 11.8. The lowest BCUT2D eigenvalue weighted by Gasteiger charge is -2.21. The van der Waals surface area contributed by atoms with Gasteiger partial charge in [0.1, 0.15) is 0 Å². The summed E-state index contributed by atoms with van der Waals surface area (Å²) in [5.41, 5.74) is 3.89. The Hall–Kier alpha value is -2.87. The molecule has 0 aliphatic heterocycles. The third-order valence-electron chi connectivity index (χ3n) is 4.03. The van der Waals surface area contributed by atoms with Crippen molar-refractivity contribution < 1.29 is 9.53 Å². The van der Waals surface area contributed by atoms with E-state index in [-0.39, 0.29) is 11.9 Å². The minimum absolute atomic E-state index is 0.00648. The van der Waals surface area contributed by atoms with Gasteiger partial charge in [-0.25, -0.2) is 4.79 Å². The van der Waals surface area contributed by atoms with Crippen molar-refractivity contribution >= 4 is 5.97 Å². The lowest BCUT2D eigenvalue weighted by Crippen LogP contribution is -2.12. The third kappa shape index (κ3) is 3.38. The molecule has 0 amide bonds. The fourth-order valence-electron chi connectivity index (χ4n) is 2.99. The van der Waals surface area contributed by atoms with Crippen LogP contribution in [-0.4, -0.2) is 12.6 Å². The van der Waals surface area contributed by atoms with E-state index < -0.39 is 0 Å². The van der Waals surface area contributed by atoms with Gasteiger partial charge in [-0.05, 0) is 29.7 Å². The van der Waals surface area contributed by atoms with Crippen molar-refractivity contribution in [2.75, 3.05) is 6.61 Å². The molecule has 0 unspecified atom stereocenters. The number of esters is 1. The standard InChI is InChI=1S/C22H20O2/c1-2-24-22(23)20-16-10-9-15-19(20)21(17-11-5-3-6-12-17)18-13-7-4-8-14-18/h3-16,21H,2H2,1H3. The Balaban J connectivity index is 2.16. The SMILES string of the molecule is CCOC(=O)c1ccccc1C(c1ccccc1)c1ccccc1. The zero-order valence-electron chi connectivity index (χ0n) is 13.7. The van der Waals surface area contributed by atoms with Crippen LogP contribution in [0.5, 0.6) is 0 Å². The number of hydrogen-bond donors (Lipinski definition) is 0. The molecule has 3 rings (SSSR count). The molecule has 0 saturated carbocycles. The minimum Gasteiger partial charge on any atom is -0.462 e. The summed E-state index contributed by atoms with van der Waals surface area (Å²) in [5, 5.41) is 0. The van der Waals surface area contributed by atoms with Gasteiger partial charge in [-0.1, -0.05) is 78.9 Å². The van der Waals surface area contributed by atoms with Crippen LogP contribution >= 0.6 is 0 Å². The lowest BCUT2D eigenvalue weighted by atomic mass is 9.83. The highest BCUT2D eigenvalue weighted by atomic mass is 16.5. The lowest BCUT2D eigenvalue weighted by molar-refractivity contribution is 0.0525. The largest absolute Gasteiger partial charge is 0.462 e. The molecule has 0 N–H and O–H groups in total. The van der Waals surface area contributed by atoms with E-state index in [0.29, 0.717) is 12.2 Å². The molecular formula is C22H20O2. The molecule has 0 heterocycles. The summed E-state index contributed by atoms with van der Waals surface area (Å²) in [4.78, 5) is 12.4. The van der Waals surface area contributed by atoms with Crippen molar-refractivity contribution in [3.8, 4) is 0 Å². The van der Waals surface area contributed by atoms with Gasteiger partial charge in [-0.2, -0.15) is 0 Å². The van der Waals surface area contributed by atoms with E-state index in [4.69, 9.17) is 4.74 Å². The summed E-state index contributed by atoms with van der Waals surface area (Å²) in [5.74, 6) is -0.280. The number of ether oxygens (including phenoxy) is 1. The molecule has 0 aliphatic rings. The van der Waals surface area contributed by atoms with Gasteiger partial charge in [-0.15, -0.1) is 0 Å². The molecule has 2 nitrogen and oxygen atoms in total. The summed E-state index contributed by atoms with van der Waals surface area (Å²) >= 11 is 0. The maximum absolute atomic E-state index is 12.4. The van der Waals surface area contributed by atoms with E-state index in [0.717, 1.165) is 16.7 Å².